The first-order chi connectivity index (χ1) is 24.7. The Labute approximate surface area is 392 Å². The fourth-order valence-electron chi connectivity index (χ4n) is 5.14. The first-order valence-electron chi connectivity index (χ1n) is 14.1. The minimum Gasteiger partial charge on any atom is -0.397 e. The van der Waals surface area contributed by atoms with Gasteiger partial charge in [0.05, 0.1) is 39.4 Å². The van der Waals surface area contributed by atoms with Crippen molar-refractivity contribution in [3.63, 3.8) is 0 Å². The summed E-state index contributed by atoms with van der Waals surface area (Å²) in [5.41, 5.74) is 2.24. The van der Waals surface area contributed by atoms with Gasteiger partial charge in [0.2, 0.25) is 16.2 Å². The Balaban J connectivity index is 0.00000280. The van der Waals surface area contributed by atoms with Gasteiger partial charge in [-0.05, 0) is 77.8 Å². The van der Waals surface area contributed by atoms with E-state index in [9.17, 15) is 48.5 Å². The Morgan fingerprint density at radius 1 is 0.679 bits per heavy atom. The molecule has 0 aliphatic heterocycles. The van der Waals surface area contributed by atoms with Crippen LogP contribution in [-0.2, 0) is 30.4 Å². The van der Waals surface area contributed by atoms with E-state index in [1.165, 1.54) is 36.4 Å². The van der Waals surface area contributed by atoms with Crippen LogP contribution in [0.5, 0.6) is 0 Å². The van der Waals surface area contributed by atoms with Crippen LogP contribution in [0.4, 0.5) is 34.1 Å². The topological polar surface area (TPSA) is 314 Å². The number of ketones is 2. The van der Waals surface area contributed by atoms with Crippen LogP contribution in [-0.4, -0.2) is 154 Å². The Kier molecular flexibility index (Phi) is 15.6. The number of carbonyl (C=O) groups is 2. The van der Waals surface area contributed by atoms with Crippen LogP contribution in [0.1, 0.15) is 31.8 Å². The van der Waals surface area contributed by atoms with Gasteiger partial charge in [0.1, 0.15) is 20.4 Å². The summed E-state index contributed by atoms with van der Waals surface area (Å²) in [6.07, 6.45) is 0. The van der Waals surface area contributed by atoms with Crippen LogP contribution >= 0.6 is 23.2 Å². The van der Waals surface area contributed by atoms with Crippen LogP contribution in [0.3, 0.4) is 0 Å². The number of halogens is 2. The molecule has 0 spiro atoms. The van der Waals surface area contributed by atoms with Crippen molar-refractivity contribution in [2.45, 2.75) is 14.7 Å². The maximum absolute atomic E-state index is 13.8. The first-order valence-corrected chi connectivity index (χ1v) is 19.2. The van der Waals surface area contributed by atoms with E-state index in [1.54, 1.807) is 0 Å². The van der Waals surface area contributed by atoms with Gasteiger partial charge in [-0.1, -0.05) is 12.1 Å². The predicted octanol–water partition coefficient (Wildman–Crippen LogP) is 3.46. The number of aromatic nitrogens is 3. The standard InChI is InChI=1S/C29H18Cl2N8O11S3.3Na/c30-27-35-28(31)37-29(36-27)34-14-8-9-16(19(10-14)52(45,46)47)39-38-13-6-4-12(5-7-13)33-17-11-20(53(48,49)50)24(32)23-22(17)26(41)21-15(25(23)40)2-1-3-18(21)51(42,43)44;;;/h1-11,33H,32H2,(H,42,43,44)(H,45,46,47)(H,48,49,50)(H,34,35,36,37);;;. The van der Waals surface area contributed by atoms with E-state index in [0.29, 0.717) is 0 Å². The molecule has 0 amide bonds. The number of nitrogen functional groups attached to an aromatic ring is 1. The largest absolute Gasteiger partial charge is 0.397 e. The third-order valence-corrected chi connectivity index (χ3v) is 10.3. The summed E-state index contributed by atoms with van der Waals surface area (Å²) in [6.45, 7) is 0. The van der Waals surface area contributed by atoms with E-state index in [1.807, 2.05) is 0 Å². The van der Waals surface area contributed by atoms with Crippen LogP contribution in [0.2, 0.25) is 10.6 Å². The van der Waals surface area contributed by atoms with E-state index in [4.69, 9.17) is 28.9 Å². The number of hydrogen-bond donors (Lipinski definition) is 6. The number of hydrogen-bond acceptors (Lipinski definition) is 15. The second-order valence-corrected chi connectivity index (χ2v) is 15.6. The molecule has 0 saturated heterocycles. The second-order valence-electron chi connectivity index (χ2n) is 10.7. The number of azo groups is 1. The predicted molar refractivity (Wildman–Crippen MR) is 203 cm³/mol. The summed E-state index contributed by atoms with van der Waals surface area (Å²) in [5.74, 6) is -2.17. The molecule has 5 aromatic rings. The Morgan fingerprint density at radius 2 is 1.29 bits per heavy atom. The normalized spacial score (nSPS) is 12.9. The van der Waals surface area contributed by atoms with Crippen molar-refractivity contribution in [2.24, 2.45) is 15.2 Å². The second kappa shape index (κ2) is 18.2. The summed E-state index contributed by atoms with van der Waals surface area (Å²) in [7, 11) is -15.0. The minimum absolute atomic E-state index is 0. The number of aromatic amines is 1. The number of nitrogens with zero attached hydrogens (tertiary/aromatic N) is 5. The zero-order valence-corrected chi connectivity index (χ0v) is 38.7. The van der Waals surface area contributed by atoms with Gasteiger partial charge < -0.3 is 11.1 Å². The number of H-pyrrole nitrogens is 1. The molecule has 0 unspecified atom stereocenters. The van der Waals surface area contributed by atoms with Crippen LogP contribution in [0.25, 0.3) is 0 Å². The summed E-state index contributed by atoms with van der Waals surface area (Å²) in [4.78, 5) is 38.9. The van der Waals surface area contributed by atoms with Crippen molar-refractivity contribution in [2.75, 3.05) is 11.1 Å². The number of anilines is 3. The van der Waals surface area contributed by atoms with Gasteiger partial charge >= 0.3 is 0 Å². The summed E-state index contributed by atoms with van der Waals surface area (Å²) in [6, 6.07) is 12.7. The summed E-state index contributed by atoms with van der Waals surface area (Å²) in [5, 5.41) is 10.2. The molecule has 19 nitrogen and oxygen atoms in total. The molecule has 27 heteroatoms. The molecule has 1 aliphatic rings. The van der Waals surface area contributed by atoms with E-state index >= 15 is 0 Å². The van der Waals surface area contributed by atoms with Crippen LogP contribution in [0.15, 0.2) is 96.6 Å². The molecule has 7 N–H and O–H groups in total. The van der Waals surface area contributed by atoms with Crippen molar-refractivity contribution in [3.8, 4) is 0 Å². The molecular weight excluding hydrogens is 872 g/mol. The van der Waals surface area contributed by atoms with Crippen LogP contribution < -0.4 is 16.7 Å². The molecule has 0 saturated carbocycles. The molecule has 1 heterocycles. The van der Waals surface area contributed by atoms with Gasteiger partial charge in [-0.3, -0.25) is 28.2 Å². The van der Waals surface area contributed by atoms with E-state index < -0.39 is 90.2 Å². The van der Waals surface area contributed by atoms with Crippen molar-refractivity contribution in [1.82, 2.24) is 15.0 Å². The zero-order valence-electron chi connectivity index (χ0n) is 28.8. The monoisotopic (exact) mass is 889 g/mol. The van der Waals surface area contributed by atoms with E-state index in [-0.39, 0.29) is 128 Å². The maximum atomic E-state index is 13.8. The maximum Gasteiger partial charge on any atom is 0.296 e. The van der Waals surface area contributed by atoms with Gasteiger partial charge in [-0.15, -0.1) is 5.11 Å². The molecular formula is C29H18Cl2N8Na3O11S3. The number of carbonyl (C=O) groups excluding carboxylic acids is 2. The minimum atomic E-state index is -5.08. The average molecular weight is 891 g/mol. The van der Waals surface area contributed by atoms with Crippen molar-refractivity contribution in [3.05, 3.63) is 105 Å². The first kappa shape index (κ1) is 47.9. The van der Waals surface area contributed by atoms with Gasteiger partial charge in [-0.25, -0.2) is 4.99 Å². The molecule has 0 atom stereocenters. The van der Waals surface area contributed by atoms with E-state index in [0.717, 1.165) is 30.3 Å². The Hall–Kier alpha value is -2.46. The molecule has 6 rings (SSSR count). The molecule has 56 heavy (non-hydrogen) atoms. The fourth-order valence-corrected chi connectivity index (χ4v) is 7.52. The van der Waals surface area contributed by atoms with Crippen molar-refractivity contribution >= 4 is 188 Å². The molecule has 4 aromatic carbocycles. The number of nitrogens with one attached hydrogen (secondary N) is 2. The average Bonchev–Trinajstić information content (AvgIpc) is 3.05. The number of nitrogens with two attached hydrogens (primary N) is 1. The number of rotatable bonds is 8. The third kappa shape index (κ3) is 10.2. The number of fused-ring (bicyclic) bond motifs is 2. The van der Waals surface area contributed by atoms with Crippen LogP contribution in [0, 0.1) is 0 Å². The molecule has 1 aromatic heterocycles. The molecule has 1 aliphatic carbocycles. The summed E-state index contributed by atoms with van der Waals surface area (Å²) < 4.78 is 103. The quantitative estimate of drug-likeness (QED) is 0.0552. The van der Waals surface area contributed by atoms with Gasteiger partial charge in [0, 0.05) is 99.9 Å². The van der Waals surface area contributed by atoms with Gasteiger partial charge in [0.15, 0.2) is 11.6 Å². The Morgan fingerprint density at radius 3 is 1.88 bits per heavy atom. The van der Waals surface area contributed by atoms with Crippen molar-refractivity contribution < 1.29 is 48.5 Å². The third-order valence-electron chi connectivity index (χ3n) is 7.32. The van der Waals surface area contributed by atoms with Crippen molar-refractivity contribution in [1.29, 1.82) is 0 Å². The van der Waals surface area contributed by atoms with Gasteiger partial charge in [-0.2, -0.15) is 40.3 Å². The number of benzene rings is 4. The smallest absolute Gasteiger partial charge is 0.296 e. The fraction of sp³-hybridized carbons (Fsp3) is 0. The molecule has 3 radical (unpaired) electrons. The Bertz CT molecular complexity index is 2860. The zero-order chi connectivity index (χ0) is 38.6. The summed E-state index contributed by atoms with van der Waals surface area (Å²) >= 11 is 11.5. The van der Waals surface area contributed by atoms with E-state index in [2.05, 4.69) is 35.5 Å². The SMILES string of the molecule is Nc1c(S(=O)(=O)O)cc(Nc2ccc(N=Nc3ccc(N=c4nc(Cl)nc(Cl)[nH]4)cc3S(=O)(=O)O)cc2)c2c1C(=O)c1cccc(S(=O)(=O)O)c1C2=O.[Na].[Na].[Na]. The molecule has 0 bridgehead atoms. The van der Waals surface area contributed by atoms with Gasteiger partial charge in [0.25, 0.3) is 30.4 Å². The molecule has 0 fully saturated rings. The molecule has 275 valence electrons.